The molecule has 1 saturated heterocycles. The van der Waals surface area contributed by atoms with Crippen LogP contribution in [0.1, 0.15) is 6.42 Å². The number of nitrogens with zero attached hydrogens (tertiary/aromatic N) is 3. The molecule has 0 spiro atoms. The Balaban J connectivity index is 1.97. The Morgan fingerprint density at radius 3 is 2.54 bits per heavy atom. The summed E-state index contributed by atoms with van der Waals surface area (Å²) in [6, 6.07) is 6.99. The van der Waals surface area contributed by atoms with Gasteiger partial charge in [-0.05, 0) is 42.9 Å². The van der Waals surface area contributed by atoms with Crippen molar-refractivity contribution in [3.05, 3.63) is 36.9 Å². The molecule has 1 aliphatic carbocycles. The van der Waals surface area contributed by atoms with Crippen LogP contribution in [0.15, 0.2) is 36.9 Å². The number of benzene rings is 1. The van der Waals surface area contributed by atoms with Gasteiger partial charge in [0.1, 0.15) is 6.10 Å². The van der Waals surface area contributed by atoms with Crippen LogP contribution < -0.4 is 15.1 Å². The molecule has 1 saturated carbocycles. The number of aliphatic hydroxyl groups excluding tert-OH is 2. The predicted molar refractivity (Wildman–Crippen MR) is 115 cm³/mol. The highest BCUT2D eigenvalue weighted by atomic mass is 32.1. The highest BCUT2D eigenvalue weighted by molar-refractivity contribution is 7.80. The van der Waals surface area contributed by atoms with Gasteiger partial charge < -0.3 is 30.2 Å². The van der Waals surface area contributed by atoms with Crippen LogP contribution in [0, 0.1) is 5.92 Å². The van der Waals surface area contributed by atoms with Gasteiger partial charge in [0.05, 0.1) is 24.1 Å². The zero-order valence-electron chi connectivity index (χ0n) is 16.4. The monoisotopic (exact) mass is 404 g/mol. The van der Waals surface area contributed by atoms with Gasteiger partial charge in [-0.1, -0.05) is 6.08 Å². The maximum Gasteiger partial charge on any atom is 0.227 e. The number of amides is 1. The van der Waals surface area contributed by atoms with E-state index in [4.69, 9.17) is 12.2 Å². The molecule has 8 heteroatoms. The van der Waals surface area contributed by atoms with E-state index in [2.05, 4.69) is 11.9 Å². The van der Waals surface area contributed by atoms with Crippen molar-refractivity contribution in [1.29, 1.82) is 0 Å². The number of thiocarbonyl (C=S) groups is 1. The summed E-state index contributed by atoms with van der Waals surface area (Å²) in [6.45, 7) is 4.11. The van der Waals surface area contributed by atoms with Crippen molar-refractivity contribution in [1.82, 2.24) is 10.2 Å². The van der Waals surface area contributed by atoms with Gasteiger partial charge >= 0.3 is 0 Å². The molecule has 0 bridgehead atoms. The van der Waals surface area contributed by atoms with Crippen molar-refractivity contribution in [3.8, 4) is 0 Å². The molecule has 1 amide bonds. The number of rotatable bonds is 5. The first-order valence-electron chi connectivity index (χ1n) is 9.35. The zero-order chi connectivity index (χ0) is 20.6. The first-order valence-corrected chi connectivity index (χ1v) is 9.76. The Morgan fingerprint density at radius 1 is 1.32 bits per heavy atom. The third-order valence-electron chi connectivity index (χ3n) is 5.59. The van der Waals surface area contributed by atoms with Crippen LogP contribution in [0.4, 0.5) is 11.4 Å². The topological polar surface area (TPSA) is 79.3 Å². The van der Waals surface area contributed by atoms with E-state index in [1.807, 2.05) is 48.2 Å². The zero-order valence-corrected chi connectivity index (χ0v) is 17.3. The summed E-state index contributed by atoms with van der Waals surface area (Å²) in [6.07, 6.45) is -0.140. The Labute approximate surface area is 171 Å². The van der Waals surface area contributed by atoms with E-state index >= 15 is 0 Å². The predicted octanol–water partition coefficient (Wildman–Crippen LogP) is 0.570. The van der Waals surface area contributed by atoms with Gasteiger partial charge in [-0.15, -0.1) is 6.58 Å². The average molecular weight is 405 g/mol. The van der Waals surface area contributed by atoms with E-state index < -0.39 is 24.2 Å². The summed E-state index contributed by atoms with van der Waals surface area (Å²) in [5, 5.41) is 24.5. The van der Waals surface area contributed by atoms with E-state index in [9.17, 15) is 15.0 Å². The number of hydrogen-bond donors (Lipinski definition) is 3. The minimum atomic E-state index is -0.997. The number of fused-ring (bicyclic) bond motifs is 1. The first-order chi connectivity index (χ1) is 13.3. The lowest BCUT2D eigenvalue weighted by molar-refractivity contribution is -0.139. The third kappa shape index (κ3) is 3.59. The Kier molecular flexibility index (Phi) is 5.92. The standard InChI is InChI=1S/C20H28N4O3S/c1-5-10-23(4)19(27)14-11-15(25)18(26)16-17(14)24(20(28)21-16)13-8-6-12(7-9-13)22(2)3/h5-9,14-18,25-26H,1,10-11H2,2-4H3,(H,21,28)/t14-,15-,16-,17+,18+/m1/s1. The fourth-order valence-electron chi connectivity index (χ4n) is 4.10. The number of carbonyl (C=O) groups is 1. The molecular weight excluding hydrogens is 376 g/mol. The molecule has 0 radical (unpaired) electrons. The third-order valence-corrected chi connectivity index (χ3v) is 5.90. The van der Waals surface area contributed by atoms with Crippen LogP contribution in [0.25, 0.3) is 0 Å². The van der Waals surface area contributed by atoms with Crippen LogP contribution in [-0.4, -0.2) is 78.1 Å². The van der Waals surface area contributed by atoms with Crippen LogP contribution in [0.3, 0.4) is 0 Å². The summed E-state index contributed by atoms with van der Waals surface area (Å²) in [7, 11) is 5.65. The molecule has 152 valence electrons. The Morgan fingerprint density at radius 2 is 1.96 bits per heavy atom. The van der Waals surface area contributed by atoms with Crippen LogP contribution in [-0.2, 0) is 4.79 Å². The van der Waals surface area contributed by atoms with Crippen LogP contribution in [0.2, 0.25) is 0 Å². The second-order valence-electron chi connectivity index (χ2n) is 7.65. The molecule has 3 N–H and O–H groups in total. The van der Waals surface area contributed by atoms with E-state index in [0.717, 1.165) is 11.4 Å². The smallest absolute Gasteiger partial charge is 0.227 e. The van der Waals surface area contributed by atoms with Gasteiger partial charge in [0.25, 0.3) is 0 Å². The molecule has 3 rings (SSSR count). The number of hydrogen-bond acceptors (Lipinski definition) is 5. The molecule has 1 heterocycles. The van der Waals surface area contributed by atoms with Gasteiger partial charge in [-0.25, -0.2) is 0 Å². The van der Waals surface area contributed by atoms with Crippen molar-refractivity contribution in [2.24, 2.45) is 5.92 Å². The molecule has 7 nitrogen and oxygen atoms in total. The molecule has 2 fully saturated rings. The van der Waals surface area contributed by atoms with Crippen molar-refractivity contribution in [2.45, 2.75) is 30.7 Å². The minimum absolute atomic E-state index is 0.0951. The Bertz CT molecular complexity index is 754. The van der Waals surface area contributed by atoms with E-state index in [1.54, 1.807) is 18.0 Å². The first kappa shape index (κ1) is 20.6. The maximum absolute atomic E-state index is 13.1. The summed E-state index contributed by atoms with van der Waals surface area (Å²) in [5.74, 6) is -0.600. The van der Waals surface area contributed by atoms with Crippen molar-refractivity contribution >= 4 is 34.6 Å². The summed E-state index contributed by atoms with van der Waals surface area (Å²) >= 11 is 5.54. The lowest BCUT2D eigenvalue weighted by Gasteiger charge is -2.42. The van der Waals surface area contributed by atoms with Crippen molar-refractivity contribution < 1.29 is 15.0 Å². The second-order valence-corrected chi connectivity index (χ2v) is 8.04. The van der Waals surface area contributed by atoms with Gasteiger partial charge in [0.2, 0.25) is 5.91 Å². The molecule has 1 aromatic carbocycles. The lowest BCUT2D eigenvalue weighted by Crippen LogP contribution is -2.61. The summed E-state index contributed by atoms with van der Waals surface area (Å²) in [4.78, 5) is 18.6. The molecule has 28 heavy (non-hydrogen) atoms. The van der Waals surface area contributed by atoms with Gasteiger partial charge in [0.15, 0.2) is 5.11 Å². The van der Waals surface area contributed by atoms with Crippen molar-refractivity contribution in [3.63, 3.8) is 0 Å². The SMILES string of the molecule is C=CCN(C)C(=O)[C@@H]1C[C@@H](O)[C@H](O)[C@@H]2NC(=S)N(c3ccc(N(C)C)cc3)[C@H]21. The number of carbonyl (C=O) groups excluding carboxylic acids is 1. The summed E-state index contributed by atoms with van der Waals surface area (Å²) in [5.41, 5.74) is 1.90. The molecule has 5 atom stereocenters. The molecule has 1 aromatic rings. The number of aliphatic hydroxyl groups is 2. The molecule has 1 aliphatic heterocycles. The lowest BCUT2D eigenvalue weighted by atomic mass is 9.77. The molecule has 0 aromatic heterocycles. The Hall–Kier alpha value is -2.16. The largest absolute Gasteiger partial charge is 0.390 e. The molecular formula is C20H28N4O3S. The highest BCUT2D eigenvalue weighted by Crippen LogP contribution is 2.37. The fourth-order valence-corrected chi connectivity index (χ4v) is 4.47. The van der Waals surface area contributed by atoms with Gasteiger partial charge in [-0.2, -0.15) is 0 Å². The quantitative estimate of drug-likeness (QED) is 0.489. The van der Waals surface area contributed by atoms with E-state index in [-0.39, 0.29) is 18.4 Å². The molecule has 2 aliphatic rings. The fraction of sp³-hybridized carbons (Fsp3) is 0.500. The summed E-state index contributed by atoms with van der Waals surface area (Å²) < 4.78 is 0. The number of nitrogens with one attached hydrogen (secondary N) is 1. The maximum atomic E-state index is 13.1. The second kappa shape index (κ2) is 8.06. The van der Waals surface area contributed by atoms with Gasteiger partial charge in [0, 0.05) is 39.1 Å². The van der Waals surface area contributed by atoms with E-state index in [1.165, 1.54) is 0 Å². The van der Waals surface area contributed by atoms with Crippen LogP contribution >= 0.6 is 12.2 Å². The number of likely N-dealkylation sites (N-methyl/N-ethyl adjacent to an activating group) is 1. The van der Waals surface area contributed by atoms with Crippen LogP contribution in [0.5, 0.6) is 0 Å². The average Bonchev–Trinajstić information content (AvgIpc) is 3.01. The minimum Gasteiger partial charge on any atom is -0.390 e. The van der Waals surface area contributed by atoms with Gasteiger partial charge in [-0.3, -0.25) is 4.79 Å². The van der Waals surface area contributed by atoms with E-state index in [0.29, 0.717) is 11.7 Å². The normalized spacial score (nSPS) is 29.1. The van der Waals surface area contributed by atoms with Crippen molar-refractivity contribution in [2.75, 3.05) is 37.5 Å². The number of anilines is 2. The highest BCUT2D eigenvalue weighted by Gasteiger charge is 2.54. The molecule has 0 unspecified atom stereocenters.